The first-order chi connectivity index (χ1) is 30.0. The molecule has 7 atom stereocenters. The number of carbonyl (C=O) groups is 7. The molecule has 4 N–H and O–H groups in total. The molecule has 1 saturated carbocycles. The van der Waals surface area contributed by atoms with E-state index >= 15 is 4.79 Å². The van der Waals surface area contributed by atoms with Crippen LogP contribution in [0.15, 0.2) is 48.9 Å². The van der Waals surface area contributed by atoms with Crippen molar-refractivity contribution in [3.05, 3.63) is 60.2 Å². The summed E-state index contributed by atoms with van der Waals surface area (Å²) in [5.41, 5.74) is -1.03. The van der Waals surface area contributed by atoms with Gasteiger partial charge in [0.15, 0.2) is 0 Å². The summed E-state index contributed by atoms with van der Waals surface area (Å²) in [4.78, 5) is 113. The van der Waals surface area contributed by atoms with Gasteiger partial charge in [-0.3, -0.25) is 43.4 Å². The van der Waals surface area contributed by atoms with E-state index in [2.05, 4.69) is 36.1 Å². The maximum absolute atomic E-state index is 15.4. The standard InChI is InChI=1S/C47H67N9O7/c1-8-16-33(38(57)43(61)50-30(4)31-17-11-9-12-18-31)51-41(59)36-25-47(55-24-15-21-35(55)44(62)56(47)27-29(2)3)28-54(36)45(63)39(46(5,6)7)53-42(60)37(32-19-13-10-14-20-32)52-40(58)34-26-48-22-23-49-34/h9,11-12,17-18,22-23,26,29-30,32-33,35-37,39H,8,10,13-16,19-21,24-25,27-28H2,1-7H3,(H,50,61)(H,51,59)(H,52,58)(H,53,60)/t30-,33?,35?,36-,37-,39+,47?/m0/s1. The van der Waals surface area contributed by atoms with Gasteiger partial charge in [-0.25, -0.2) is 4.98 Å². The molecule has 0 radical (unpaired) electrons. The molecule has 4 fully saturated rings. The molecule has 16 nitrogen and oxygen atoms in total. The minimum atomic E-state index is -1.18. The first-order valence-corrected chi connectivity index (χ1v) is 22.9. The van der Waals surface area contributed by atoms with Crippen molar-refractivity contribution in [2.45, 2.75) is 155 Å². The zero-order chi connectivity index (χ0) is 45.6. The normalized spacial score (nSPS) is 23.5. The number of hydrogen-bond acceptors (Lipinski definition) is 10. The Morgan fingerprint density at radius 2 is 1.60 bits per heavy atom. The van der Waals surface area contributed by atoms with Crippen LogP contribution in [-0.2, 0) is 28.8 Å². The second-order valence-corrected chi connectivity index (χ2v) is 19.4. The van der Waals surface area contributed by atoms with Gasteiger partial charge in [-0.2, -0.15) is 0 Å². The van der Waals surface area contributed by atoms with E-state index in [1.54, 1.807) is 6.92 Å². The second-order valence-electron chi connectivity index (χ2n) is 19.4. The SMILES string of the molecule is CCCC(NC(=O)[C@@H]1CC2(CN1C(=O)[C@@H](NC(=O)[C@@H](NC(=O)c1cnccn1)C1CCCCC1)C(C)(C)C)N(CC(C)C)C(=O)C1CCCN12)C(=O)C(=O)N[C@@H](C)c1ccccc1. The highest BCUT2D eigenvalue weighted by Crippen LogP contribution is 2.46. The van der Waals surface area contributed by atoms with Crippen molar-refractivity contribution in [3.8, 4) is 0 Å². The number of likely N-dealkylation sites (tertiary alicyclic amines) is 1. The van der Waals surface area contributed by atoms with Crippen molar-refractivity contribution >= 4 is 41.2 Å². The Kier molecular flexibility index (Phi) is 15.0. The lowest BCUT2D eigenvalue weighted by Gasteiger charge is -2.41. The molecule has 1 aliphatic carbocycles. The van der Waals surface area contributed by atoms with Gasteiger partial charge in [0.05, 0.1) is 30.9 Å². The molecule has 1 aromatic heterocycles. The van der Waals surface area contributed by atoms with E-state index in [9.17, 15) is 28.8 Å². The molecule has 6 amide bonds. The van der Waals surface area contributed by atoms with Crippen LogP contribution in [0.2, 0.25) is 0 Å². The molecule has 1 aromatic carbocycles. The maximum Gasteiger partial charge on any atom is 0.290 e. The van der Waals surface area contributed by atoms with Crippen LogP contribution < -0.4 is 21.3 Å². The molecule has 63 heavy (non-hydrogen) atoms. The molecule has 16 heteroatoms. The van der Waals surface area contributed by atoms with E-state index in [0.29, 0.717) is 38.8 Å². The number of Topliss-reactive ketones (excluding diaryl/α,β-unsaturated/α-hetero) is 1. The Labute approximate surface area is 371 Å². The molecule has 6 rings (SSSR count). The number of fused-ring (bicyclic) bond motifs is 2. The van der Waals surface area contributed by atoms with E-state index in [1.165, 1.54) is 23.5 Å². The summed E-state index contributed by atoms with van der Waals surface area (Å²) in [5, 5.41) is 11.6. The van der Waals surface area contributed by atoms with Gasteiger partial charge in [0, 0.05) is 31.9 Å². The van der Waals surface area contributed by atoms with Crippen molar-refractivity contribution in [1.29, 1.82) is 0 Å². The highest BCUT2D eigenvalue weighted by atomic mass is 16.2. The van der Waals surface area contributed by atoms with Crippen LogP contribution in [0.1, 0.15) is 135 Å². The number of rotatable bonds is 16. The summed E-state index contributed by atoms with van der Waals surface area (Å²) < 4.78 is 0. The lowest BCUT2D eigenvalue weighted by Crippen LogP contribution is -2.62. The molecule has 4 heterocycles. The number of ketones is 1. The van der Waals surface area contributed by atoms with Gasteiger partial charge in [0.1, 0.15) is 29.5 Å². The average Bonchev–Trinajstić information content (AvgIpc) is 3.97. The minimum absolute atomic E-state index is 0.00172. The quantitative estimate of drug-likeness (QED) is 0.180. The monoisotopic (exact) mass is 870 g/mol. The molecule has 3 saturated heterocycles. The van der Waals surface area contributed by atoms with Gasteiger partial charge in [-0.05, 0) is 61.8 Å². The molecule has 342 valence electrons. The van der Waals surface area contributed by atoms with Gasteiger partial charge in [-0.15, -0.1) is 0 Å². The Morgan fingerprint density at radius 1 is 0.889 bits per heavy atom. The Morgan fingerprint density at radius 3 is 2.24 bits per heavy atom. The number of hydrogen-bond donors (Lipinski definition) is 4. The fourth-order valence-corrected chi connectivity index (χ4v) is 10.0. The third-order valence-corrected chi connectivity index (χ3v) is 13.3. The van der Waals surface area contributed by atoms with Crippen molar-refractivity contribution in [1.82, 2.24) is 45.9 Å². The topological polar surface area (TPSA) is 203 Å². The predicted octanol–water partition coefficient (Wildman–Crippen LogP) is 3.68. The van der Waals surface area contributed by atoms with E-state index in [4.69, 9.17) is 0 Å². The largest absolute Gasteiger partial charge is 0.344 e. The number of nitrogens with zero attached hydrogens (tertiary/aromatic N) is 5. The number of aromatic nitrogens is 2. The lowest BCUT2D eigenvalue weighted by atomic mass is 9.82. The Hall–Kier alpha value is -5.25. The van der Waals surface area contributed by atoms with Crippen LogP contribution in [0.4, 0.5) is 0 Å². The van der Waals surface area contributed by atoms with Gasteiger partial charge in [0.25, 0.3) is 11.8 Å². The number of nitrogens with one attached hydrogen (secondary N) is 4. The molecule has 2 aromatic rings. The van der Waals surface area contributed by atoms with Crippen LogP contribution in [0, 0.1) is 17.3 Å². The lowest BCUT2D eigenvalue weighted by molar-refractivity contribution is -0.146. The van der Waals surface area contributed by atoms with Gasteiger partial charge in [-0.1, -0.05) is 97.6 Å². The number of amides is 6. The number of benzene rings is 1. The summed E-state index contributed by atoms with van der Waals surface area (Å²) in [5.74, 6) is -3.99. The zero-order valence-corrected chi connectivity index (χ0v) is 38.0. The fraction of sp³-hybridized carbons (Fsp3) is 0.638. The highest BCUT2D eigenvalue weighted by Gasteiger charge is 2.64. The van der Waals surface area contributed by atoms with Gasteiger partial charge >= 0.3 is 0 Å². The molecule has 0 bridgehead atoms. The molecular weight excluding hydrogens is 803 g/mol. The highest BCUT2D eigenvalue weighted by molar-refractivity contribution is 6.38. The fourth-order valence-electron chi connectivity index (χ4n) is 10.0. The van der Waals surface area contributed by atoms with E-state index in [-0.39, 0.29) is 48.9 Å². The maximum atomic E-state index is 15.4. The summed E-state index contributed by atoms with van der Waals surface area (Å²) in [6.07, 6.45) is 10.6. The van der Waals surface area contributed by atoms with Crippen molar-refractivity contribution < 1.29 is 33.6 Å². The van der Waals surface area contributed by atoms with Crippen molar-refractivity contribution in [2.75, 3.05) is 19.6 Å². The molecule has 3 unspecified atom stereocenters. The Balaban J connectivity index is 1.32. The van der Waals surface area contributed by atoms with E-state index in [0.717, 1.165) is 31.2 Å². The van der Waals surface area contributed by atoms with Crippen molar-refractivity contribution in [2.24, 2.45) is 17.3 Å². The third-order valence-electron chi connectivity index (χ3n) is 13.3. The summed E-state index contributed by atoms with van der Waals surface area (Å²) in [7, 11) is 0. The summed E-state index contributed by atoms with van der Waals surface area (Å²) >= 11 is 0. The Bertz CT molecular complexity index is 1990. The van der Waals surface area contributed by atoms with Crippen LogP contribution in [-0.4, -0.2) is 121 Å². The first-order valence-electron chi connectivity index (χ1n) is 22.9. The third kappa shape index (κ3) is 10.4. The van der Waals surface area contributed by atoms with Gasteiger partial charge in [0.2, 0.25) is 29.4 Å². The van der Waals surface area contributed by atoms with Crippen LogP contribution in [0.3, 0.4) is 0 Å². The van der Waals surface area contributed by atoms with Crippen LogP contribution in [0.25, 0.3) is 0 Å². The zero-order valence-electron chi connectivity index (χ0n) is 38.0. The molecular formula is C47H67N9O7. The van der Waals surface area contributed by atoms with Gasteiger partial charge < -0.3 is 31.1 Å². The molecule has 1 spiro atoms. The van der Waals surface area contributed by atoms with E-state index < -0.39 is 76.6 Å². The van der Waals surface area contributed by atoms with Crippen LogP contribution >= 0.6 is 0 Å². The summed E-state index contributed by atoms with van der Waals surface area (Å²) in [6, 6.07) is 3.91. The minimum Gasteiger partial charge on any atom is -0.344 e. The smallest absolute Gasteiger partial charge is 0.290 e. The van der Waals surface area contributed by atoms with Crippen molar-refractivity contribution in [3.63, 3.8) is 0 Å². The van der Waals surface area contributed by atoms with Crippen LogP contribution in [0.5, 0.6) is 0 Å². The molecule has 4 aliphatic rings. The second kappa shape index (κ2) is 20.1. The average molecular weight is 870 g/mol. The number of carbonyl (C=O) groups excluding carboxylic acids is 7. The predicted molar refractivity (Wildman–Crippen MR) is 235 cm³/mol. The van der Waals surface area contributed by atoms with E-state index in [1.807, 2.05) is 76.8 Å². The molecule has 3 aliphatic heterocycles. The summed E-state index contributed by atoms with van der Waals surface area (Å²) in [6.45, 7) is 14.2. The first kappa shape index (κ1) is 47.2.